The highest BCUT2D eigenvalue weighted by Crippen LogP contribution is 2.35. The first-order valence-electron chi connectivity index (χ1n) is 10.5. The molecule has 0 saturated heterocycles. The molecule has 138 valence electrons. The van der Waals surface area contributed by atoms with Crippen molar-refractivity contribution in [1.82, 2.24) is 0 Å². The Bertz CT molecular complexity index is 394. The number of hydrogen-bond donors (Lipinski definition) is 0. The minimum Gasteiger partial charge on any atom is -0.0992 e. The third-order valence-corrected chi connectivity index (χ3v) is 5.82. The zero-order valence-corrected chi connectivity index (χ0v) is 16.8. The van der Waals surface area contributed by atoms with E-state index >= 15 is 0 Å². The average Bonchev–Trinajstić information content (AvgIpc) is 2.54. The fraction of sp³-hybridized carbons (Fsp3) is 0.750. The van der Waals surface area contributed by atoms with Crippen molar-refractivity contribution in [2.75, 3.05) is 0 Å². The van der Waals surface area contributed by atoms with E-state index in [0.717, 1.165) is 24.7 Å². The van der Waals surface area contributed by atoms with E-state index < -0.39 is 0 Å². The summed E-state index contributed by atoms with van der Waals surface area (Å²) in [6, 6.07) is 0. The van der Waals surface area contributed by atoms with Crippen LogP contribution in [0.5, 0.6) is 0 Å². The number of rotatable bonds is 12. The van der Waals surface area contributed by atoms with Gasteiger partial charge in [0, 0.05) is 5.92 Å². The van der Waals surface area contributed by atoms with Gasteiger partial charge >= 0.3 is 0 Å². The van der Waals surface area contributed by atoms with Crippen molar-refractivity contribution in [2.24, 2.45) is 17.8 Å². The van der Waals surface area contributed by atoms with Crippen molar-refractivity contribution in [3.8, 4) is 0 Å². The predicted molar refractivity (Wildman–Crippen MR) is 110 cm³/mol. The quantitative estimate of drug-likeness (QED) is 0.249. The molecule has 0 nitrogen and oxygen atoms in total. The summed E-state index contributed by atoms with van der Waals surface area (Å²) in [5.74, 6) is 2.00. The molecule has 24 heavy (non-hydrogen) atoms. The maximum absolute atomic E-state index is 4.44. The molecule has 1 fully saturated rings. The molecule has 2 unspecified atom stereocenters. The molecule has 0 aromatic rings. The number of hydrogen-bond acceptors (Lipinski definition) is 0. The summed E-state index contributed by atoms with van der Waals surface area (Å²) in [6.45, 7) is 19.9. The van der Waals surface area contributed by atoms with Crippen LogP contribution >= 0.6 is 0 Å². The highest BCUT2D eigenvalue weighted by Gasteiger charge is 2.20. The van der Waals surface area contributed by atoms with Crippen LogP contribution in [-0.4, -0.2) is 0 Å². The van der Waals surface area contributed by atoms with Gasteiger partial charge in [-0.05, 0) is 38.0 Å². The molecule has 1 aliphatic rings. The van der Waals surface area contributed by atoms with Crippen molar-refractivity contribution < 1.29 is 0 Å². The van der Waals surface area contributed by atoms with E-state index in [1.165, 1.54) is 80.9 Å². The molecular weight excluding hydrogens is 288 g/mol. The summed E-state index contributed by atoms with van der Waals surface area (Å²) >= 11 is 0. The van der Waals surface area contributed by atoms with E-state index in [1.807, 2.05) is 0 Å². The molecule has 0 aromatic heterocycles. The van der Waals surface area contributed by atoms with Crippen LogP contribution in [0.25, 0.3) is 0 Å². The second kappa shape index (κ2) is 11.7. The lowest BCUT2D eigenvalue weighted by atomic mass is 9.78. The molecular formula is C24H42. The molecule has 0 N–H and O–H groups in total. The summed E-state index contributed by atoms with van der Waals surface area (Å²) in [6.07, 6.45) is 16.1. The van der Waals surface area contributed by atoms with Crippen LogP contribution in [0.15, 0.2) is 36.5 Å². The van der Waals surface area contributed by atoms with Gasteiger partial charge in [0.05, 0.1) is 0 Å². The average molecular weight is 331 g/mol. The summed E-state index contributed by atoms with van der Waals surface area (Å²) in [5, 5.41) is 0. The third-order valence-electron chi connectivity index (χ3n) is 5.82. The fourth-order valence-electron chi connectivity index (χ4n) is 4.41. The fourth-order valence-corrected chi connectivity index (χ4v) is 4.41. The highest BCUT2D eigenvalue weighted by atomic mass is 14.3. The minimum atomic E-state index is 0.335. The van der Waals surface area contributed by atoms with E-state index in [1.54, 1.807) is 0 Å². The monoisotopic (exact) mass is 330 g/mol. The lowest BCUT2D eigenvalue weighted by molar-refractivity contribution is 0.337. The predicted octanol–water partition coefficient (Wildman–Crippen LogP) is 8.26. The molecule has 1 rings (SSSR count). The zero-order valence-electron chi connectivity index (χ0n) is 16.8. The molecule has 0 spiro atoms. The van der Waals surface area contributed by atoms with Crippen molar-refractivity contribution >= 4 is 0 Å². The Morgan fingerprint density at radius 1 is 1.00 bits per heavy atom. The molecule has 2 atom stereocenters. The second-order valence-corrected chi connectivity index (χ2v) is 8.44. The van der Waals surface area contributed by atoms with E-state index in [2.05, 4.69) is 40.5 Å². The first kappa shape index (κ1) is 21.3. The summed E-state index contributed by atoms with van der Waals surface area (Å²) < 4.78 is 0. The molecule has 0 radical (unpaired) electrons. The Hall–Kier alpha value is -0.780. The van der Waals surface area contributed by atoms with Crippen LogP contribution < -0.4 is 0 Å². The maximum atomic E-state index is 4.44. The van der Waals surface area contributed by atoms with Crippen LogP contribution in [0.2, 0.25) is 0 Å². The van der Waals surface area contributed by atoms with Crippen molar-refractivity contribution in [2.45, 2.75) is 97.8 Å². The smallest absolute Gasteiger partial charge is 0.0205 e. The molecule has 0 amide bonds. The van der Waals surface area contributed by atoms with Gasteiger partial charge in [-0.1, -0.05) is 108 Å². The van der Waals surface area contributed by atoms with Gasteiger partial charge in [-0.3, -0.25) is 0 Å². The summed E-state index contributed by atoms with van der Waals surface area (Å²) in [4.78, 5) is 0. The molecule has 1 saturated carbocycles. The van der Waals surface area contributed by atoms with E-state index in [0.29, 0.717) is 5.92 Å². The Balaban J connectivity index is 2.46. The number of allylic oxidation sites excluding steroid dienone is 3. The van der Waals surface area contributed by atoms with Crippen LogP contribution in [0.3, 0.4) is 0 Å². The highest BCUT2D eigenvalue weighted by molar-refractivity contribution is 5.28. The minimum absolute atomic E-state index is 0.335. The molecule has 0 aromatic carbocycles. The van der Waals surface area contributed by atoms with Gasteiger partial charge in [0.25, 0.3) is 0 Å². The first-order chi connectivity index (χ1) is 11.5. The molecule has 0 aliphatic heterocycles. The van der Waals surface area contributed by atoms with Gasteiger partial charge in [-0.2, -0.15) is 0 Å². The van der Waals surface area contributed by atoms with Crippen LogP contribution in [0.1, 0.15) is 97.8 Å². The normalized spacial score (nSPS) is 18.1. The van der Waals surface area contributed by atoms with Gasteiger partial charge in [-0.15, -0.1) is 0 Å². The van der Waals surface area contributed by atoms with Crippen molar-refractivity contribution in [3.05, 3.63) is 36.5 Å². The summed E-state index contributed by atoms with van der Waals surface area (Å²) in [5.41, 5.74) is 3.94. The Morgan fingerprint density at radius 3 is 2.25 bits per heavy atom. The van der Waals surface area contributed by atoms with Gasteiger partial charge in [0.15, 0.2) is 0 Å². The SMILES string of the molecule is C=C(C)C(C(=C)CCC1CCCCC1)C(=C)CC(C)CCCCC. The van der Waals surface area contributed by atoms with Gasteiger partial charge < -0.3 is 0 Å². The lowest BCUT2D eigenvalue weighted by Crippen LogP contribution is -2.13. The van der Waals surface area contributed by atoms with Crippen LogP contribution in [0.4, 0.5) is 0 Å². The summed E-state index contributed by atoms with van der Waals surface area (Å²) in [7, 11) is 0. The van der Waals surface area contributed by atoms with E-state index in [-0.39, 0.29) is 0 Å². The Labute approximate surface area is 152 Å². The maximum Gasteiger partial charge on any atom is 0.0205 e. The molecule has 0 heterocycles. The van der Waals surface area contributed by atoms with Gasteiger partial charge in [0.1, 0.15) is 0 Å². The van der Waals surface area contributed by atoms with Crippen molar-refractivity contribution in [1.29, 1.82) is 0 Å². The molecule has 0 bridgehead atoms. The number of unbranched alkanes of at least 4 members (excludes halogenated alkanes) is 2. The second-order valence-electron chi connectivity index (χ2n) is 8.44. The largest absolute Gasteiger partial charge is 0.0992 e. The zero-order chi connectivity index (χ0) is 17.9. The van der Waals surface area contributed by atoms with E-state index in [9.17, 15) is 0 Å². The van der Waals surface area contributed by atoms with E-state index in [4.69, 9.17) is 0 Å². The Morgan fingerprint density at radius 2 is 1.67 bits per heavy atom. The van der Waals surface area contributed by atoms with Crippen LogP contribution in [-0.2, 0) is 0 Å². The topological polar surface area (TPSA) is 0 Å². The molecule has 0 heteroatoms. The lowest BCUT2D eigenvalue weighted by Gasteiger charge is -2.27. The molecule has 1 aliphatic carbocycles. The third kappa shape index (κ3) is 7.86. The Kier molecular flexibility index (Phi) is 10.4. The van der Waals surface area contributed by atoms with Crippen molar-refractivity contribution in [3.63, 3.8) is 0 Å². The standard InChI is InChI=1S/C24H42/c1-7-8-10-13-20(4)18-22(6)24(19(2)3)21(5)16-17-23-14-11-9-12-15-23/h20,23-24H,2,5-18H2,1,3-4H3. The van der Waals surface area contributed by atoms with Gasteiger partial charge in [0.2, 0.25) is 0 Å². The first-order valence-corrected chi connectivity index (χ1v) is 10.5. The van der Waals surface area contributed by atoms with Crippen LogP contribution in [0, 0.1) is 17.8 Å². The van der Waals surface area contributed by atoms with Gasteiger partial charge in [-0.25, -0.2) is 0 Å².